The van der Waals surface area contributed by atoms with Crippen LogP contribution in [0.2, 0.25) is 0 Å². The molecule has 0 unspecified atom stereocenters. The molecule has 11 heteroatoms. The van der Waals surface area contributed by atoms with Gasteiger partial charge >= 0.3 is 24.0 Å². The van der Waals surface area contributed by atoms with Gasteiger partial charge in [0.15, 0.2) is 0 Å². The number of aryl methyl sites for hydroxylation is 1. The molecule has 1 N–H and O–H groups in total. The van der Waals surface area contributed by atoms with Gasteiger partial charge in [0.1, 0.15) is 5.41 Å². The highest BCUT2D eigenvalue weighted by Gasteiger charge is 2.73. The molecule has 1 saturated carbocycles. The van der Waals surface area contributed by atoms with Gasteiger partial charge in [0, 0.05) is 24.1 Å². The Balaban J connectivity index is 1.65. The Morgan fingerprint density at radius 1 is 1.00 bits per heavy atom. The fraction of sp³-hybridized carbons (Fsp3) is 0.619. The van der Waals surface area contributed by atoms with Crippen molar-refractivity contribution in [1.29, 1.82) is 0 Å². The predicted octanol–water partition coefficient (Wildman–Crippen LogP) is 4.86. The first-order valence-electron chi connectivity index (χ1n) is 10.2. The van der Waals surface area contributed by atoms with Crippen molar-refractivity contribution in [2.45, 2.75) is 68.5 Å². The molecule has 0 bridgehead atoms. The lowest BCUT2D eigenvalue weighted by atomic mass is 9.67. The van der Waals surface area contributed by atoms with E-state index in [1.54, 1.807) is 0 Å². The molecular formula is C21H20F7NO3. The number of nitrogens with zero attached hydrogens (tertiary/aromatic N) is 1. The molecule has 2 fully saturated rings. The maximum absolute atomic E-state index is 14.4. The molecule has 1 heterocycles. The Hall–Kier alpha value is -2.33. The van der Waals surface area contributed by atoms with Crippen LogP contribution in [-0.2, 0) is 21.7 Å². The van der Waals surface area contributed by atoms with Crippen LogP contribution < -0.4 is 0 Å². The van der Waals surface area contributed by atoms with Gasteiger partial charge in [-0.15, -0.1) is 0 Å². The molecule has 0 spiro atoms. The minimum atomic E-state index is -6.18. The molecule has 32 heavy (non-hydrogen) atoms. The van der Waals surface area contributed by atoms with Crippen molar-refractivity contribution < 1.29 is 45.4 Å². The van der Waals surface area contributed by atoms with Gasteiger partial charge in [-0.2, -0.15) is 26.3 Å². The summed E-state index contributed by atoms with van der Waals surface area (Å²) in [6.07, 6.45) is -10.6. The minimum Gasteiger partial charge on any atom is -0.480 e. The Bertz CT molecular complexity index is 938. The minimum absolute atomic E-state index is 0.0555. The number of fused-ring (bicyclic) bond motifs is 3. The van der Waals surface area contributed by atoms with Crippen LogP contribution in [0.5, 0.6) is 0 Å². The maximum atomic E-state index is 14.4. The van der Waals surface area contributed by atoms with Gasteiger partial charge in [0.2, 0.25) is 5.91 Å². The normalized spacial score (nSPS) is 25.0. The first kappa shape index (κ1) is 22.8. The molecule has 0 radical (unpaired) electrons. The second-order valence-electron chi connectivity index (χ2n) is 8.81. The van der Waals surface area contributed by atoms with Gasteiger partial charge in [-0.1, -0.05) is 24.6 Å². The van der Waals surface area contributed by atoms with E-state index in [1.807, 2.05) is 0 Å². The van der Waals surface area contributed by atoms with Gasteiger partial charge in [0.25, 0.3) is 0 Å². The van der Waals surface area contributed by atoms with Gasteiger partial charge in [0.05, 0.1) is 0 Å². The van der Waals surface area contributed by atoms with E-state index in [4.69, 9.17) is 0 Å². The highest BCUT2D eigenvalue weighted by molar-refractivity contribution is 6.03. The third-order valence-electron chi connectivity index (χ3n) is 7.26. The van der Waals surface area contributed by atoms with Crippen molar-refractivity contribution in [2.75, 3.05) is 6.54 Å². The predicted molar refractivity (Wildman–Crippen MR) is 96.4 cm³/mol. The van der Waals surface area contributed by atoms with E-state index in [1.165, 1.54) is 4.90 Å². The largest absolute Gasteiger partial charge is 0.480 e. The monoisotopic (exact) mass is 467 g/mol. The number of carbonyl (C=O) groups is 2. The highest BCUT2D eigenvalue weighted by atomic mass is 19.4. The number of carboxylic acids is 1. The van der Waals surface area contributed by atoms with Crippen LogP contribution in [0.15, 0.2) is 18.2 Å². The van der Waals surface area contributed by atoms with Crippen molar-refractivity contribution in [1.82, 2.24) is 4.90 Å². The first-order chi connectivity index (χ1) is 14.7. The van der Waals surface area contributed by atoms with E-state index in [0.29, 0.717) is 30.5 Å². The Morgan fingerprint density at radius 2 is 1.62 bits per heavy atom. The third kappa shape index (κ3) is 3.02. The molecule has 1 aromatic rings. The molecule has 4 rings (SSSR count). The summed E-state index contributed by atoms with van der Waals surface area (Å²) in [5, 5.41) is 9.54. The number of halogens is 7. The van der Waals surface area contributed by atoms with Crippen molar-refractivity contribution in [3.05, 3.63) is 34.9 Å². The average Bonchev–Trinajstić information content (AvgIpc) is 3.08. The van der Waals surface area contributed by atoms with Gasteiger partial charge < -0.3 is 10.0 Å². The average molecular weight is 467 g/mol. The zero-order valence-electron chi connectivity index (χ0n) is 16.7. The van der Waals surface area contributed by atoms with Crippen LogP contribution in [0, 0.1) is 5.41 Å². The first-order valence-corrected chi connectivity index (χ1v) is 10.2. The summed E-state index contributed by atoms with van der Waals surface area (Å²) in [5.74, 6) is -2.02. The van der Waals surface area contributed by atoms with E-state index < -0.39 is 46.9 Å². The number of carboxylic acid groups (broad SMARTS) is 1. The van der Waals surface area contributed by atoms with Crippen molar-refractivity contribution >= 4 is 11.9 Å². The zero-order chi connectivity index (χ0) is 23.7. The Morgan fingerprint density at radius 3 is 2.12 bits per heavy atom. The molecule has 2 atom stereocenters. The van der Waals surface area contributed by atoms with Crippen LogP contribution >= 0.6 is 0 Å². The van der Waals surface area contributed by atoms with Crippen LogP contribution in [0.1, 0.15) is 54.7 Å². The molecule has 176 valence electrons. The summed E-state index contributed by atoms with van der Waals surface area (Å²) in [4.78, 5) is 26.2. The van der Waals surface area contributed by atoms with Crippen LogP contribution in [0.4, 0.5) is 30.7 Å². The maximum Gasteiger partial charge on any atom is 0.435 e. The molecule has 3 aliphatic rings. The molecule has 1 aliphatic heterocycles. The highest BCUT2D eigenvalue weighted by Crippen LogP contribution is 2.54. The second kappa shape index (κ2) is 7.08. The quantitative estimate of drug-likeness (QED) is 0.510. The topological polar surface area (TPSA) is 57.6 Å². The number of rotatable bonds is 3. The SMILES string of the molecule is O=C(O)C1(C(=O)N2CC[C@H]3c4ccc(C(F)(C(F)(F)F)C(F)(F)F)cc4CC[C@H]32)CCC1. The van der Waals surface area contributed by atoms with Crippen LogP contribution in [-0.4, -0.2) is 46.8 Å². The molecule has 0 aromatic heterocycles. The summed E-state index contributed by atoms with van der Waals surface area (Å²) in [6.45, 7) is 0.253. The smallest absolute Gasteiger partial charge is 0.435 e. The lowest BCUT2D eigenvalue weighted by molar-refractivity contribution is -0.348. The number of hydrogen-bond acceptors (Lipinski definition) is 2. The standard InChI is InChI=1S/C21H20F7NO3/c22-19(20(23,24)25,21(26,27)28)12-3-4-13-11(10-12)2-5-15-14(13)6-9-29(15)16(30)18(17(31)32)7-1-8-18/h3-4,10,14-15H,1-2,5-9H2,(H,31,32)/t14-,15+/m0/s1. The summed E-state index contributed by atoms with van der Waals surface area (Å²) in [5.41, 5.74) is -7.79. The number of carbonyl (C=O) groups excluding carboxylic acids is 1. The van der Waals surface area contributed by atoms with Crippen molar-refractivity contribution in [3.63, 3.8) is 0 Å². The van der Waals surface area contributed by atoms with E-state index in [2.05, 4.69) is 0 Å². The lowest BCUT2D eigenvalue weighted by Crippen LogP contribution is -2.54. The number of amides is 1. The molecule has 1 aromatic carbocycles. The number of aliphatic carboxylic acids is 1. The van der Waals surface area contributed by atoms with E-state index in [9.17, 15) is 45.4 Å². The second-order valence-corrected chi connectivity index (χ2v) is 8.81. The van der Waals surface area contributed by atoms with E-state index in [-0.39, 0.29) is 43.7 Å². The van der Waals surface area contributed by atoms with Crippen LogP contribution in [0.3, 0.4) is 0 Å². The van der Waals surface area contributed by atoms with Crippen molar-refractivity contribution in [3.8, 4) is 0 Å². The summed E-state index contributed by atoms with van der Waals surface area (Å²) in [7, 11) is 0. The number of benzene rings is 1. The Labute approximate surface area is 178 Å². The Kier molecular flexibility index (Phi) is 5.06. The molecule has 4 nitrogen and oxygen atoms in total. The van der Waals surface area contributed by atoms with E-state index >= 15 is 0 Å². The molecule has 2 aliphatic carbocycles. The fourth-order valence-electron chi connectivity index (χ4n) is 5.34. The molecule has 1 amide bonds. The van der Waals surface area contributed by atoms with Gasteiger partial charge in [-0.05, 0) is 43.2 Å². The summed E-state index contributed by atoms with van der Waals surface area (Å²) < 4.78 is 93.0. The number of alkyl halides is 7. The van der Waals surface area contributed by atoms with Gasteiger partial charge in [-0.25, -0.2) is 4.39 Å². The molecule has 1 saturated heterocycles. The van der Waals surface area contributed by atoms with Gasteiger partial charge in [-0.3, -0.25) is 9.59 Å². The fourth-order valence-corrected chi connectivity index (χ4v) is 5.34. The van der Waals surface area contributed by atoms with Crippen molar-refractivity contribution in [2.24, 2.45) is 5.41 Å². The number of hydrogen-bond donors (Lipinski definition) is 1. The lowest BCUT2D eigenvalue weighted by Gasteiger charge is -2.42. The van der Waals surface area contributed by atoms with Crippen LogP contribution in [0.25, 0.3) is 0 Å². The summed E-state index contributed by atoms with van der Waals surface area (Å²) >= 11 is 0. The number of likely N-dealkylation sites (tertiary alicyclic amines) is 1. The third-order valence-corrected chi connectivity index (χ3v) is 7.26. The molecular weight excluding hydrogens is 447 g/mol. The summed E-state index contributed by atoms with van der Waals surface area (Å²) in [6, 6.07) is 1.83. The van der Waals surface area contributed by atoms with E-state index in [0.717, 1.165) is 6.07 Å². The zero-order valence-corrected chi connectivity index (χ0v) is 16.7.